The molecule has 0 aliphatic heterocycles. The van der Waals surface area contributed by atoms with Gasteiger partial charge >= 0.3 is 0 Å². The molecule has 6 nitrogen and oxygen atoms in total. The van der Waals surface area contributed by atoms with Gasteiger partial charge in [0.15, 0.2) is 5.16 Å². The molecule has 4 aromatic carbocycles. The number of nitrogens with one attached hydrogen (secondary N) is 1. The van der Waals surface area contributed by atoms with Gasteiger partial charge in [-0.2, -0.15) is 0 Å². The molecule has 1 aromatic heterocycles. The van der Waals surface area contributed by atoms with E-state index in [1.807, 2.05) is 106 Å². The molecule has 0 fully saturated rings. The lowest BCUT2D eigenvalue weighted by atomic mass is 10.1. The van der Waals surface area contributed by atoms with E-state index in [0.29, 0.717) is 33.2 Å². The van der Waals surface area contributed by atoms with Gasteiger partial charge in [0.25, 0.3) is 5.56 Å². The van der Waals surface area contributed by atoms with E-state index in [9.17, 15) is 9.59 Å². The minimum atomic E-state index is -0.692. The smallest absolute Gasteiger partial charge is 0.266 e. The van der Waals surface area contributed by atoms with E-state index in [-0.39, 0.29) is 11.5 Å². The standard InChI is InChI=1S/C32H29N3O3S/c1-20-14-17-28(38-4)27(18-20)33-30(36)29(23-10-6-5-7-11-23)39-32-34-26-13-9-8-12-25(26)31(37)35(32)24-16-15-21(2)22(3)19-24/h5-19,29H,1-4H3,(H,33,36). The highest BCUT2D eigenvalue weighted by Gasteiger charge is 2.26. The Balaban J connectivity index is 1.65. The van der Waals surface area contributed by atoms with Crippen LogP contribution in [0.25, 0.3) is 16.6 Å². The second kappa shape index (κ2) is 11.2. The molecule has 0 aliphatic carbocycles. The molecular weight excluding hydrogens is 506 g/mol. The van der Waals surface area contributed by atoms with Crippen LogP contribution in [-0.4, -0.2) is 22.6 Å². The number of hydrogen-bond acceptors (Lipinski definition) is 5. The minimum absolute atomic E-state index is 0.182. The van der Waals surface area contributed by atoms with E-state index < -0.39 is 5.25 Å². The van der Waals surface area contributed by atoms with Crippen molar-refractivity contribution in [3.8, 4) is 11.4 Å². The number of rotatable bonds is 7. The van der Waals surface area contributed by atoms with E-state index in [4.69, 9.17) is 9.72 Å². The Morgan fingerprint density at radius 2 is 1.64 bits per heavy atom. The van der Waals surface area contributed by atoms with Crippen LogP contribution in [0, 0.1) is 20.8 Å². The van der Waals surface area contributed by atoms with Gasteiger partial charge in [0.05, 0.1) is 29.4 Å². The van der Waals surface area contributed by atoms with Crippen molar-refractivity contribution in [2.24, 2.45) is 0 Å². The summed E-state index contributed by atoms with van der Waals surface area (Å²) in [6, 6.07) is 28.3. The quantitative estimate of drug-likeness (QED) is 0.183. The Morgan fingerprint density at radius 1 is 0.897 bits per heavy atom. The van der Waals surface area contributed by atoms with Gasteiger partial charge in [-0.25, -0.2) is 4.98 Å². The molecule has 0 saturated heterocycles. The lowest BCUT2D eigenvalue weighted by molar-refractivity contribution is -0.115. The maximum Gasteiger partial charge on any atom is 0.266 e. The molecular formula is C32H29N3O3S. The van der Waals surface area contributed by atoms with Crippen LogP contribution in [0.4, 0.5) is 5.69 Å². The van der Waals surface area contributed by atoms with Gasteiger partial charge < -0.3 is 10.1 Å². The number of ether oxygens (including phenoxy) is 1. The second-order valence-electron chi connectivity index (χ2n) is 9.42. The largest absolute Gasteiger partial charge is 0.495 e. The molecule has 0 radical (unpaired) electrons. The van der Waals surface area contributed by atoms with Crippen molar-refractivity contribution in [3.63, 3.8) is 0 Å². The molecule has 7 heteroatoms. The number of carbonyl (C=O) groups is 1. The van der Waals surface area contributed by atoms with Gasteiger partial charge in [-0.1, -0.05) is 66.4 Å². The number of methoxy groups -OCH3 is 1. The Kier molecular flexibility index (Phi) is 7.52. The average molecular weight is 536 g/mol. The summed E-state index contributed by atoms with van der Waals surface area (Å²) in [4.78, 5) is 32.6. The van der Waals surface area contributed by atoms with Crippen molar-refractivity contribution in [2.75, 3.05) is 12.4 Å². The molecule has 0 bridgehead atoms. The zero-order chi connectivity index (χ0) is 27.5. The van der Waals surface area contributed by atoms with Gasteiger partial charge in [-0.3, -0.25) is 14.2 Å². The first kappa shape index (κ1) is 26.3. The number of fused-ring (bicyclic) bond motifs is 1. The van der Waals surface area contributed by atoms with E-state index in [1.165, 1.54) is 11.8 Å². The predicted molar refractivity (Wildman–Crippen MR) is 158 cm³/mol. The van der Waals surface area contributed by atoms with Gasteiger partial charge in [-0.15, -0.1) is 0 Å². The van der Waals surface area contributed by atoms with E-state index >= 15 is 0 Å². The summed E-state index contributed by atoms with van der Waals surface area (Å²) in [7, 11) is 1.57. The number of hydrogen-bond donors (Lipinski definition) is 1. The van der Waals surface area contributed by atoms with Gasteiger partial charge in [-0.05, 0) is 79.4 Å². The number of para-hydroxylation sites is 1. The van der Waals surface area contributed by atoms with Crippen LogP contribution in [-0.2, 0) is 4.79 Å². The first-order chi connectivity index (χ1) is 18.9. The average Bonchev–Trinajstić information content (AvgIpc) is 2.94. The van der Waals surface area contributed by atoms with E-state index in [1.54, 1.807) is 17.7 Å². The van der Waals surface area contributed by atoms with Crippen molar-refractivity contribution >= 4 is 34.3 Å². The van der Waals surface area contributed by atoms with Crippen LogP contribution < -0.4 is 15.6 Å². The van der Waals surface area contributed by atoms with Crippen molar-refractivity contribution in [3.05, 3.63) is 124 Å². The van der Waals surface area contributed by atoms with Crippen LogP contribution in [0.15, 0.2) is 101 Å². The van der Waals surface area contributed by atoms with E-state index in [0.717, 1.165) is 22.3 Å². The summed E-state index contributed by atoms with van der Waals surface area (Å²) >= 11 is 1.25. The second-order valence-corrected chi connectivity index (χ2v) is 10.5. The minimum Gasteiger partial charge on any atom is -0.495 e. The zero-order valence-corrected chi connectivity index (χ0v) is 23.1. The summed E-state index contributed by atoms with van der Waals surface area (Å²) in [5.74, 6) is 0.325. The Labute approximate surface area is 231 Å². The summed E-state index contributed by atoms with van der Waals surface area (Å²) < 4.78 is 7.09. The first-order valence-corrected chi connectivity index (χ1v) is 13.5. The summed E-state index contributed by atoms with van der Waals surface area (Å²) in [6.07, 6.45) is 0. The number of nitrogens with zero attached hydrogens (tertiary/aromatic N) is 2. The third-order valence-electron chi connectivity index (χ3n) is 6.67. The van der Waals surface area contributed by atoms with Gasteiger partial charge in [0.1, 0.15) is 11.0 Å². The molecule has 1 atom stereocenters. The van der Waals surface area contributed by atoms with Crippen LogP contribution in [0.1, 0.15) is 27.5 Å². The molecule has 1 N–H and O–H groups in total. The Morgan fingerprint density at radius 3 is 2.38 bits per heavy atom. The number of aromatic nitrogens is 2. The van der Waals surface area contributed by atoms with E-state index in [2.05, 4.69) is 5.32 Å². The number of thioether (sulfide) groups is 1. The first-order valence-electron chi connectivity index (χ1n) is 12.6. The van der Waals surface area contributed by atoms with Crippen LogP contribution in [0.5, 0.6) is 5.75 Å². The number of aryl methyl sites for hydroxylation is 3. The Bertz CT molecular complexity index is 1730. The molecule has 5 aromatic rings. The molecule has 196 valence electrons. The van der Waals surface area contributed by atoms with Crippen molar-refractivity contribution < 1.29 is 9.53 Å². The third-order valence-corrected chi connectivity index (χ3v) is 7.88. The lowest BCUT2D eigenvalue weighted by Gasteiger charge is -2.20. The highest BCUT2D eigenvalue weighted by atomic mass is 32.2. The maximum atomic E-state index is 13.9. The third kappa shape index (κ3) is 5.45. The number of carbonyl (C=O) groups excluding carboxylic acids is 1. The summed E-state index contributed by atoms with van der Waals surface area (Å²) in [5.41, 5.74) is 5.67. The topological polar surface area (TPSA) is 73.2 Å². The number of anilines is 1. The highest BCUT2D eigenvalue weighted by molar-refractivity contribution is 8.00. The fourth-order valence-corrected chi connectivity index (χ4v) is 5.52. The maximum absolute atomic E-state index is 13.9. The molecule has 39 heavy (non-hydrogen) atoms. The van der Waals surface area contributed by atoms with Crippen molar-refractivity contribution in [1.29, 1.82) is 0 Å². The highest BCUT2D eigenvalue weighted by Crippen LogP contribution is 2.37. The lowest BCUT2D eigenvalue weighted by Crippen LogP contribution is -2.24. The summed E-state index contributed by atoms with van der Waals surface area (Å²) in [5, 5.41) is 3.31. The van der Waals surface area contributed by atoms with Crippen molar-refractivity contribution in [2.45, 2.75) is 31.2 Å². The fraction of sp³-hybridized carbons (Fsp3) is 0.156. The molecule has 1 amide bonds. The molecule has 1 unspecified atom stereocenters. The van der Waals surface area contributed by atoms with Gasteiger partial charge in [0.2, 0.25) is 5.91 Å². The van der Waals surface area contributed by atoms with Crippen LogP contribution >= 0.6 is 11.8 Å². The van der Waals surface area contributed by atoms with Crippen LogP contribution in [0.2, 0.25) is 0 Å². The molecule has 0 aliphatic rings. The monoisotopic (exact) mass is 535 g/mol. The molecule has 0 saturated carbocycles. The Hall–Kier alpha value is -4.36. The molecule has 0 spiro atoms. The molecule has 5 rings (SSSR count). The zero-order valence-electron chi connectivity index (χ0n) is 22.3. The fourth-order valence-electron chi connectivity index (χ4n) is 4.41. The normalized spacial score (nSPS) is 11.8. The predicted octanol–water partition coefficient (Wildman–Crippen LogP) is 6.79. The number of amides is 1. The van der Waals surface area contributed by atoms with Crippen molar-refractivity contribution in [1.82, 2.24) is 9.55 Å². The number of benzene rings is 4. The SMILES string of the molecule is COc1ccc(C)cc1NC(=O)C(Sc1nc2ccccc2c(=O)n1-c1ccc(C)c(C)c1)c1ccccc1. The van der Waals surface area contributed by atoms with Crippen LogP contribution in [0.3, 0.4) is 0 Å². The summed E-state index contributed by atoms with van der Waals surface area (Å²) in [6.45, 7) is 6.01. The molecule has 1 heterocycles. The van der Waals surface area contributed by atoms with Gasteiger partial charge in [0, 0.05) is 0 Å².